The summed E-state index contributed by atoms with van der Waals surface area (Å²) < 4.78 is 0. The van der Waals surface area contributed by atoms with Gasteiger partial charge in [0.05, 0.1) is 21.9 Å². The summed E-state index contributed by atoms with van der Waals surface area (Å²) >= 11 is 1.30. The van der Waals surface area contributed by atoms with Gasteiger partial charge in [0.2, 0.25) is 5.91 Å². The minimum atomic E-state index is -1.41. The number of benzene rings is 4. The molecule has 1 unspecified atom stereocenters. The van der Waals surface area contributed by atoms with Gasteiger partial charge in [0.15, 0.2) is 0 Å². The highest BCUT2D eigenvalue weighted by molar-refractivity contribution is 8.00. The van der Waals surface area contributed by atoms with Gasteiger partial charge in [-0.1, -0.05) is 42.5 Å². The van der Waals surface area contributed by atoms with E-state index in [1.807, 2.05) is 42.5 Å². The monoisotopic (exact) mass is 514 g/mol. The lowest BCUT2D eigenvalue weighted by Gasteiger charge is -2.14. The van der Waals surface area contributed by atoms with Crippen LogP contribution in [0.15, 0.2) is 89.8 Å². The molecule has 0 aliphatic rings. The van der Waals surface area contributed by atoms with E-state index in [9.17, 15) is 24.3 Å². The van der Waals surface area contributed by atoms with Gasteiger partial charge in [-0.05, 0) is 54.8 Å². The van der Waals surface area contributed by atoms with Crippen molar-refractivity contribution in [1.82, 2.24) is 0 Å². The van der Waals surface area contributed by atoms with Gasteiger partial charge in [0.1, 0.15) is 0 Å². The van der Waals surface area contributed by atoms with Gasteiger partial charge in [0, 0.05) is 21.7 Å². The first kappa shape index (κ1) is 25.5. The summed E-state index contributed by atoms with van der Waals surface area (Å²) in [6, 6.07) is 23.6. The van der Waals surface area contributed by atoms with Gasteiger partial charge >= 0.3 is 11.9 Å². The minimum Gasteiger partial charge on any atom is -0.478 e. The third-order valence-electron chi connectivity index (χ3n) is 5.56. The smallest absolute Gasteiger partial charge is 0.336 e. The zero-order valence-corrected chi connectivity index (χ0v) is 20.4. The topological polar surface area (TPSA) is 133 Å². The number of amides is 2. The maximum absolute atomic E-state index is 12.9. The van der Waals surface area contributed by atoms with Crippen LogP contribution in [0.3, 0.4) is 0 Å². The molecule has 4 rings (SSSR count). The van der Waals surface area contributed by atoms with E-state index in [0.717, 1.165) is 27.4 Å². The van der Waals surface area contributed by atoms with Crippen molar-refractivity contribution >= 4 is 57.7 Å². The maximum Gasteiger partial charge on any atom is 0.336 e. The van der Waals surface area contributed by atoms with Crippen molar-refractivity contribution in [3.63, 3.8) is 0 Å². The van der Waals surface area contributed by atoms with Crippen LogP contribution in [0.25, 0.3) is 10.8 Å². The number of rotatable bonds is 8. The van der Waals surface area contributed by atoms with Crippen molar-refractivity contribution in [3.8, 4) is 0 Å². The molecule has 0 aromatic heterocycles. The fourth-order valence-electron chi connectivity index (χ4n) is 3.72. The Kier molecular flexibility index (Phi) is 7.55. The van der Waals surface area contributed by atoms with Crippen molar-refractivity contribution in [2.75, 3.05) is 10.6 Å². The van der Waals surface area contributed by atoms with Gasteiger partial charge in [0.25, 0.3) is 5.91 Å². The minimum absolute atomic E-state index is 0.168. The molecule has 9 heteroatoms. The van der Waals surface area contributed by atoms with E-state index in [-0.39, 0.29) is 17.0 Å². The second kappa shape index (κ2) is 11.0. The zero-order valence-electron chi connectivity index (χ0n) is 19.6. The van der Waals surface area contributed by atoms with E-state index in [1.54, 1.807) is 31.2 Å². The van der Waals surface area contributed by atoms with Gasteiger partial charge in [-0.25, -0.2) is 9.59 Å². The molecule has 2 amide bonds. The molecule has 0 aliphatic heterocycles. The number of hydrogen-bond acceptors (Lipinski definition) is 5. The standard InChI is InChI=1S/C28H22N2O6S/c1-16(25(31)30-24-11-4-7-17-6-2-3-10-21(17)24)37-20-9-5-8-19(15-20)29-26(32)22-13-12-18(27(33)34)14-23(22)28(35)36/h2-16H,1H3,(H,29,32)(H,30,31)(H,33,34)(H,35,36). The van der Waals surface area contributed by atoms with Crippen molar-refractivity contribution < 1.29 is 29.4 Å². The number of thioether (sulfide) groups is 1. The number of carboxylic acid groups (broad SMARTS) is 2. The highest BCUT2D eigenvalue weighted by Gasteiger charge is 2.20. The van der Waals surface area contributed by atoms with Crippen LogP contribution >= 0.6 is 11.8 Å². The SMILES string of the molecule is CC(Sc1cccc(NC(=O)c2ccc(C(=O)O)cc2C(=O)O)c1)C(=O)Nc1cccc2ccccc12. The average Bonchev–Trinajstić information content (AvgIpc) is 2.88. The van der Waals surface area contributed by atoms with Crippen LogP contribution < -0.4 is 10.6 Å². The highest BCUT2D eigenvalue weighted by atomic mass is 32.2. The molecule has 4 aromatic rings. The molecule has 0 bridgehead atoms. The predicted molar refractivity (Wildman–Crippen MR) is 143 cm³/mol. The molecule has 0 fully saturated rings. The predicted octanol–water partition coefficient (Wildman–Crippen LogP) is 5.61. The van der Waals surface area contributed by atoms with E-state index >= 15 is 0 Å². The van der Waals surface area contributed by atoms with Gasteiger partial charge in [-0.3, -0.25) is 9.59 Å². The summed E-state index contributed by atoms with van der Waals surface area (Å²) in [6.07, 6.45) is 0. The van der Waals surface area contributed by atoms with Crippen molar-refractivity contribution in [1.29, 1.82) is 0 Å². The van der Waals surface area contributed by atoms with Crippen molar-refractivity contribution in [2.45, 2.75) is 17.1 Å². The van der Waals surface area contributed by atoms with Crippen LogP contribution in [-0.4, -0.2) is 39.2 Å². The molecule has 4 aromatic carbocycles. The molecule has 0 spiro atoms. The molecule has 4 N–H and O–H groups in total. The third kappa shape index (κ3) is 5.96. The lowest BCUT2D eigenvalue weighted by Crippen LogP contribution is -2.22. The molecule has 0 radical (unpaired) electrons. The second-order valence-corrected chi connectivity index (χ2v) is 9.54. The maximum atomic E-state index is 12.9. The number of carbonyl (C=O) groups is 4. The molecule has 0 aliphatic carbocycles. The van der Waals surface area contributed by atoms with Crippen LogP contribution in [0, 0.1) is 0 Å². The number of hydrogen-bond donors (Lipinski definition) is 4. The lowest BCUT2D eigenvalue weighted by molar-refractivity contribution is -0.115. The van der Waals surface area contributed by atoms with E-state index in [0.29, 0.717) is 5.69 Å². The number of aromatic carboxylic acids is 2. The van der Waals surface area contributed by atoms with Crippen LogP contribution in [0.4, 0.5) is 11.4 Å². The number of nitrogens with one attached hydrogen (secondary N) is 2. The zero-order chi connectivity index (χ0) is 26.5. The summed E-state index contributed by atoms with van der Waals surface area (Å²) in [5, 5.41) is 25.7. The first-order chi connectivity index (χ1) is 17.7. The normalized spacial score (nSPS) is 11.5. The number of anilines is 2. The number of carboxylic acids is 2. The molecular weight excluding hydrogens is 492 g/mol. The molecule has 0 heterocycles. The Morgan fingerprint density at radius 1 is 0.757 bits per heavy atom. The second-order valence-electron chi connectivity index (χ2n) is 8.13. The van der Waals surface area contributed by atoms with Crippen LogP contribution in [-0.2, 0) is 4.79 Å². The lowest BCUT2D eigenvalue weighted by atomic mass is 10.0. The summed E-state index contributed by atoms with van der Waals surface area (Å²) in [7, 11) is 0. The highest BCUT2D eigenvalue weighted by Crippen LogP contribution is 2.29. The Balaban J connectivity index is 1.46. The van der Waals surface area contributed by atoms with Gasteiger partial charge in [-0.2, -0.15) is 0 Å². The fraction of sp³-hybridized carbons (Fsp3) is 0.0714. The molecule has 1 atom stereocenters. The average molecular weight is 515 g/mol. The quantitative estimate of drug-likeness (QED) is 0.225. The molecule has 0 saturated carbocycles. The molecule has 8 nitrogen and oxygen atoms in total. The van der Waals surface area contributed by atoms with Gasteiger partial charge in [-0.15, -0.1) is 11.8 Å². The molecule has 0 saturated heterocycles. The number of fused-ring (bicyclic) bond motifs is 1. The molecule has 186 valence electrons. The van der Waals surface area contributed by atoms with E-state index in [2.05, 4.69) is 10.6 Å². The first-order valence-corrected chi connectivity index (χ1v) is 12.1. The Labute approximate surface area is 216 Å². The Morgan fingerprint density at radius 3 is 2.24 bits per heavy atom. The fourth-order valence-corrected chi connectivity index (χ4v) is 4.65. The summed E-state index contributed by atoms with van der Waals surface area (Å²) in [5.74, 6) is -3.58. The van der Waals surface area contributed by atoms with Crippen molar-refractivity contribution in [3.05, 3.63) is 102 Å². The van der Waals surface area contributed by atoms with Gasteiger partial charge < -0.3 is 20.8 Å². The van der Waals surface area contributed by atoms with Crippen LogP contribution in [0.1, 0.15) is 38.0 Å². The Bertz CT molecular complexity index is 1530. The van der Waals surface area contributed by atoms with Crippen LogP contribution in [0.2, 0.25) is 0 Å². The largest absolute Gasteiger partial charge is 0.478 e. The Hall–Kier alpha value is -4.63. The Morgan fingerprint density at radius 2 is 1.49 bits per heavy atom. The molecular formula is C28H22N2O6S. The van der Waals surface area contributed by atoms with E-state index < -0.39 is 28.7 Å². The third-order valence-corrected chi connectivity index (χ3v) is 6.66. The summed E-state index contributed by atoms with van der Waals surface area (Å²) in [6.45, 7) is 1.78. The van der Waals surface area contributed by atoms with Crippen molar-refractivity contribution in [2.24, 2.45) is 0 Å². The van der Waals surface area contributed by atoms with E-state index in [4.69, 9.17) is 5.11 Å². The van der Waals surface area contributed by atoms with Crippen LogP contribution in [0.5, 0.6) is 0 Å². The first-order valence-electron chi connectivity index (χ1n) is 11.2. The summed E-state index contributed by atoms with van der Waals surface area (Å²) in [4.78, 5) is 49.1. The summed E-state index contributed by atoms with van der Waals surface area (Å²) in [5.41, 5.74) is 0.304. The number of carbonyl (C=O) groups excluding carboxylic acids is 2. The molecule has 37 heavy (non-hydrogen) atoms. The van der Waals surface area contributed by atoms with E-state index in [1.165, 1.54) is 23.9 Å².